The lowest BCUT2D eigenvalue weighted by Gasteiger charge is -2.23. The molecule has 2 heterocycles. The molecule has 0 aliphatic carbocycles. The number of anilines is 4. The van der Waals surface area contributed by atoms with Crippen LogP contribution in [0.2, 0.25) is 5.02 Å². The molecule has 0 bridgehead atoms. The summed E-state index contributed by atoms with van der Waals surface area (Å²) in [6.07, 6.45) is -4.84. The van der Waals surface area contributed by atoms with E-state index in [1.807, 2.05) is 0 Å². The zero-order chi connectivity index (χ0) is 24.6. The van der Waals surface area contributed by atoms with Gasteiger partial charge >= 0.3 is 6.18 Å². The molecule has 2 aromatic carbocycles. The molecule has 0 fully saturated rings. The van der Waals surface area contributed by atoms with Crippen molar-refractivity contribution in [3.05, 3.63) is 74.5 Å². The summed E-state index contributed by atoms with van der Waals surface area (Å²) in [5.74, 6) is -2.64. The smallest absolute Gasteiger partial charge is 0.326 e. The molecule has 1 aliphatic heterocycles. The standard InChI is InChI=1S/C22H17ClF3N5O3/c1-10-5-6-13(8-15(10)23)27-19(33)14-9-16(32)29-18-17(14)20(34)31-21(30-18)28-12-4-2-3-11(7-12)22(24,25)26/h2-8,14H,9H2,1H3,(H,27,33)(H3,28,29,30,31,32,34)/t14-/m0/s1. The Morgan fingerprint density at radius 3 is 2.62 bits per heavy atom. The summed E-state index contributed by atoms with van der Waals surface area (Å²) in [6, 6.07) is 9.19. The Morgan fingerprint density at radius 1 is 1.15 bits per heavy atom. The van der Waals surface area contributed by atoms with Crippen LogP contribution < -0.4 is 21.5 Å². The van der Waals surface area contributed by atoms with Gasteiger partial charge < -0.3 is 16.0 Å². The largest absolute Gasteiger partial charge is 0.416 e. The number of fused-ring (bicyclic) bond motifs is 1. The van der Waals surface area contributed by atoms with E-state index >= 15 is 0 Å². The van der Waals surface area contributed by atoms with E-state index in [0.29, 0.717) is 10.7 Å². The molecule has 0 spiro atoms. The first-order valence-electron chi connectivity index (χ1n) is 9.96. The summed E-state index contributed by atoms with van der Waals surface area (Å²) < 4.78 is 38.9. The van der Waals surface area contributed by atoms with Gasteiger partial charge in [-0.1, -0.05) is 23.7 Å². The first-order chi connectivity index (χ1) is 16.0. The Balaban J connectivity index is 1.62. The number of rotatable bonds is 4. The summed E-state index contributed by atoms with van der Waals surface area (Å²) in [6.45, 7) is 1.80. The van der Waals surface area contributed by atoms with Crippen LogP contribution in [0.1, 0.15) is 29.0 Å². The number of nitrogens with zero attached hydrogens (tertiary/aromatic N) is 1. The number of hydrogen-bond donors (Lipinski definition) is 4. The van der Waals surface area contributed by atoms with E-state index in [1.54, 1.807) is 25.1 Å². The van der Waals surface area contributed by atoms with Gasteiger partial charge in [-0.2, -0.15) is 18.2 Å². The van der Waals surface area contributed by atoms with Gasteiger partial charge in [0.1, 0.15) is 5.82 Å². The van der Waals surface area contributed by atoms with Crippen LogP contribution in [0.3, 0.4) is 0 Å². The Labute approximate surface area is 195 Å². The fourth-order valence-electron chi connectivity index (χ4n) is 3.46. The number of amides is 2. The number of halogens is 4. The molecule has 4 rings (SSSR count). The minimum absolute atomic E-state index is 0.0191. The van der Waals surface area contributed by atoms with Gasteiger partial charge in [0.15, 0.2) is 0 Å². The van der Waals surface area contributed by atoms with E-state index in [0.717, 1.165) is 17.7 Å². The maximum atomic E-state index is 13.0. The van der Waals surface area contributed by atoms with Crippen molar-refractivity contribution in [2.24, 2.45) is 0 Å². The average Bonchev–Trinajstić information content (AvgIpc) is 2.75. The zero-order valence-electron chi connectivity index (χ0n) is 17.5. The highest BCUT2D eigenvalue weighted by Crippen LogP contribution is 2.33. The number of benzene rings is 2. The normalized spacial score (nSPS) is 15.3. The fraction of sp³-hybridized carbons (Fsp3) is 0.182. The monoisotopic (exact) mass is 491 g/mol. The molecule has 3 aromatic rings. The van der Waals surface area contributed by atoms with Crippen molar-refractivity contribution in [2.75, 3.05) is 16.0 Å². The van der Waals surface area contributed by atoms with Gasteiger partial charge in [0.2, 0.25) is 17.8 Å². The van der Waals surface area contributed by atoms with Gasteiger partial charge in [-0.05, 0) is 42.8 Å². The molecule has 0 unspecified atom stereocenters. The van der Waals surface area contributed by atoms with Crippen LogP contribution in [0, 0.1) is 6.92 Å². The lowest BCUT2D eigenvalue weighted by atomic mass is 9.92. The predicted molar refractivity (Wildman–Crippen MR) is 120 cm³/mol. The number of H-pyrrole nitrogens is 1. The topological polar surface area (TPSA) is 116 Å². The van der Waals surface area contributed by atoms with Crippen molar-refractivity contribution in [1.29, 1.82) is 0 Å². The Kier molecular flexibility index (Phi) is 6.05. The molecular formula is C22H17ClF3N5O3. The van der Waals surface area contributed by atoms with Gasteiger partial charge in [0, 0.05) is 22.8 Å². The number of hydrogen-bond acceptors (Lipinski definition) is 5. The van der Waals surface area contributed by atoms with E-state index in [2.05, 4.69) is 25.9 Å². The van der Waals surface area contributed by atoms with Crippen LogP contribution in [0.25, 0.3) is 0 Å². The molecule has 0 saturated carbocycles. The van der Waals surface area contributed by atoms with E-state index in [-0.39, 0.29) is 29.4 Å². The predicted octanol–water partition coefficient (Wildman–Crippen LogP) is 4.56. The van der Waals surface area contributed by atoms with Crippen LogP contribution in [0.15, 0.2) is 47.3 Å². The molecule has 1 aromatic heterocycles. The number of aromatic amines is 1. The van der Waals surface area contributed by atoms with E-state index < -0.39 is 35.0 Å². The third-order valence-electron chi connectivity index (χ3n) is 5.16. The van der Waals surface area contributed by atoms with Crippen molar-refractivity contribution < 1.29 is 22.8 Å². The Bertz CT molecular complexity index is 1360. The van der Waals surface area contributed by atoms with Crippen molar-refractivity contribution in [3.8, 4) is 0 Å². The van der Waals surface area contributed by atoms with Crippen molar-refractivity contribution >= 4 is 46.6 Å². The molecule has 4 N–H and O–H groups in total. The van der Waals surface area contributed by atoms with Crippen molar-refractivity contribution in [2.45, 2.75) is 25.4 Å². The highest BCUT2D eigenvalue weighted by molar-refractivity contribution is 6.31. The second kappa shape index (κ2) is 8.82. The van der Waals surface area contributed by atoms with Gasteiger partial charge in [0.05, 0.1) is 17.0 Å². The molecule has 1 aliphatic rings. The summed E-state index contributed by atoms with van der Waals surface area (Å²) in [4.78, 5) is 44.4. The molecule has 176 valence electrons. The summed E-state index contributed by atoms with van der Waals surface area (Å²) >= 11 is 6.08. The summed E-state index contributed by atoms with van der Waals surface area (Å²) in [7, 11) is 0. The maximum absolute atomic E-state index is 13.0. The van der Waals surface area contributed by atoms with Gasteiger partial charge in [-0.25, -0.2) is 0 Å². The molecular weight excluding hydrogens is 475 g/mol. The van der Waals surface area contributed by atoms with E-state index in [9.17, 15) is 27.6 Å². The SMILES string of the molecule is Cc1ccc(NC(=O)[C@H]2CC(=O)Nc3nc(Nc4cccc(C(F)(F)F)c4)[nH]c(=O)c32)cc1Cl. The molecule has 0 radical (unpaired) electrons. The van der Waals surface area contributed by atoms with Gasteiger partial charge in [-0.3, -0.25) is 19.4 Å². The van der Waals surface area contributed by atoms with Gasteiger partial charge in [0.25, 0.3) is 5.56 Å². The number of aromatic nitrogens is 2. The molecule has 1 atom stereocenters. The zero-order valence-corrected chi connectivity index (χ0v) is 18.3. The van der Waals surface area contributed by atoms with E-state index in [1.165, 1.54) is 12.1 Å². The van der Waals surface area contributed by atoms with Crippen molar-refractivity contribution in [3.63, 3.8) is 0 Å². The van der Waals surface area contributed by atoms with Crippen LogP contribution in [-0.2, 0) is 15.8 Å². The average molecular weight is 492 g/mol. The lowest BCUT2D eigenvalue weighted by molar-refractivity contribution is -0.137. The third kappa shape index (κ3) is 4.88. The number of nitrogens with one attached hydrogen (secondary N) is 4. The number of carbonyl (C=O) groups excluding carboxylic acids is 2. The number of carbonyl (C=O) groups is 2. The van der Waals surface area contributed by atoms with E-state index in [4.69, 9.17) is 11.6 Å². The summed E-state index contributed by atoms with van der Waals surface area (Å²) in [5.41, 5.74) is -0.458. The Morgan fingerprint density at radius 2 is 1.91 bits per heavy atom. The molecule has 0 saturated heterocycles. The molecule has 2 amide bonds. The van der Waals surface area contributed by atoms with Gasteiger partial charge in [-0.15, -0.1) is 0 Å². The minimum atomic E-state index is -4.55. The molecule has 8 nitrogen and oxygen atoms in total. The number of aryl methyl sites for hydroxylation is 1. The van der Waals surface area contributed by atoms with Crippen LogP contribution in [-0.4, -0.2) is 21.8 Å². The maximum Gasteiger partial charge on any atom is 0.416 e. The number of alkyl halides is 3. The van der Waals surface area contributed by atoms with Crippen LogP contribution in [0.4, 0.5) is 36.3 Å². The lowest BCUT2D eigenvalue weighted by Crippen LogP contribution is -2.36. The quantitative estimate of drug-likeness (QED) is 0.427. The highest BCUT2D eigenvalue weighted by Gasteiger charge is 2.35. The van der Waals surface area contributed by atoms with Crippen LogP contribution in [0.5, 0.6) is 0 Å². The third-order valence-corrected chi connectivity index (χ3v) is 5.57. The second-order valence-electron chi connectivity index (χ2n) is 7.64. The second-order valence-corrected chi connectivity index (χ2v) is 8.05. The summed E-state index contributed by atoms with van der Waals surface area (Å²) in [5, 5.41) is 8.09. The van der Waals surface area contributed by atoms with Crippen LogP contribution >= 0.6 is 11.6 Å². The first-order valence-corrected chi connectivity index (χ1v) is 10.3. The molecule has 34 heavy (non-hydrogen) atoms. The Hall–Kier alpha value is -3.86. The fourth-order valence-corrected chi connectivity index (χ4v) is 3.65. The minimum Gasteiger partial charge on any atom is -0.326 e. The highest BCUT2D eigenvalue weighted by atomic mass is 35.5. The van der Waals surface area contributed by atoms with Crippen molar-refractivity contribution in [1.82, 2.24) is 9.97 Å². The first kappa shape index (κ1) is 23.3. The molecule has 12 heteroatoms.